The van der Waals surface area contributed by atoms with Gasteiger partial charge in [0.1, 0.15) is 30.5 Å². The van der Waals surface area contributed by atoms with E-state index >= 15 is 0 Å². The van der Waals surface area contributed by atoms with Crippen LogP contribution in [-0.4, -0.2) is 56.4 Å². The van der Waals surface area contributed by atoms with Crippen molar-refractivity contribution in [3.63, 3.8) is 0 Å². The van der Waals surface area contributed by atoms with Crippen molar-refractivity contribution in [2.24, 2.45) is 0 Å². The van der Waals surface area contributed by atoms with Crippen LogP contribution in [0.2, 0.25) is 0 Å². The molecule has 0 aliphatic carbocycles. The summed E-state index contributed by atoms with van der Waals surface area (Å²) >= 11 is 0. The van der Waals surface area contributed by atoms with Gasteiger partial charge in [0.25, 0.3) is 0 Å². The molecule has 1 aliphatic rings. The van der Waals surface area contributed by atoms with Crippen LogP contribution >= 0.6 is 0 Å². The van der Waals surface area contributed by atoms with E-state index in [0.29, 0.717) is 10.9 Å². The van der Waals surface area contributed by atoms with Crippen molar-refractivity contribution in [1.82, 2.24) is 0 Å². The van der Waals surface area contributed by atoms with Crippen molar-refractivity contribution in [2.75, 3.05) is 6.61 Å². The number of nitrogens with zero attached hydrogens (tertiary/aromatic N) is 1. The Kier molecular flexibility index (Phi) is 4.78. The first kappa shape index (κ1) is 18.4. The van der Waals surface area contributed by atoms with Crippen molar-refractivity contribution < 1.29 is 34.5 Å². The SMILES string of the molecule is Cc1cc(=O)oc2c([N+](=O)[O-])c([C@@H]3O[C@H](CO)[C@H](O)[C@H](O)[C@H]3O)ccc12. The number of rotatable bonds is 3. The van der Waals surface area contributed by atoms with E-state index in [1.807, 2.05) is 0 Å². The van der Waals surface area contributed by atoms with E-state index < -0.39 is 53.4 Å². The summed E-state index contributed by atoms with van der Waals surface area (Å²) in [5.74, 6) is 0. The van der Waals surface area contributed by atoms with Gasteiger partial charge in [0, 0.05) is 11.5 Å². The first-order valence-corrected chi connectivity index (χ1v) is 7.78. The van der Waals surface area contributed by atoms with Crippen LogP contribution in [0, 0.1) is 17.0 Å². The molecule has 1 aromatic carbocycles. The Bertz CT molecular complexity index is 906. The molecule has 1 aromatic heterocycles. The lowest BCUT2D eigenvalue weighted by Gasteiger charge is -2.40. The molecule has 1 fully saturated rings. The number of nitro benzene ring substituents is 1. The van der Waals surface area contributed by atoms with E-state index in [1.54, 1.807) is 6.92 Å². The maximum absolute atomic E-state index is 11.6. The van der Waals surface area contributed by atoms with Crippen LogP contribution in [-0.2, 0) is 4.74 Å². The number of hydrogen-bond donors (Lipinski definition) is 4. The van der Waals surface area contributed by atoms with Gasteiger partial charge in [0.05, 0.1) is 17.1 Å². The zero-order valence-electron chi connectivity index (χ0n) is 13.6. The largest absolute Gasteiger partial charge is 0.415 e. The third-order valence-corrected chi connectivity index (χ3v) is 4.51. The predicted octanol–water partition coefficient (Wildman–Crippen LogP) is -0.475. The van der Waals surface area contributed by atoms with Crippen LogP contribution < -0.4 is 5.63 Å². The minimum Gasteiger partial charge on any atom is -0.415 e. The normalized spacial score (nSPS) is 29.0. The number of hydrogen-bond acceptors (Lipinski definition) is 9. The topological polar surface area (TPSA) is 164 Å². The highest BCUT2D eigenvalue weighted by molar-refractivity contribution is 5.89. The van der Waals surface area contributed by atoms with E-state index in [-0.39, 0.29) is 11.1 Å². The van der Waals surface area contributed by atoms with Gasteiger partial charge in [-0.2, -0.15) is 0 Å². The second-order valence-corrected chi connectivity index (χ2v) is 6.14. The highest BCUT2D eigenvalue weighted by atomic mass is 16.6. The van der Waals surface area contributed by atoms with Crippen LogP contribution in [0.4, 0.5) is 5.69 Å². The number of aliphatic hydroxyl groups excluding tert-OH is 4. The lowest BCUT2D eigenvalue weighted by Crippen LogP contribution is -2.55. The third-order valence-electron chi connectivity index (χ3n) is 4.51. The van der Waals surface area contributed by atoms with Crippen molar-refractivity contribution in [3.8, 4) is 0 Å². The van der Waals surface area contributed by atoms with Crippen molar-refractivity contribution in [2.45, 2.75) is 37.4 Å². The smallest absolute Gasteiger partial charge is 0.336 e. The number of aliphatic hydroxyl groups is 4. The molecule has 140 valence electrons. The summed E-state index contributed by atoms with van der Waals surface area (Å²) < 4.78 is 10.4. The lowest BCUT2D eigenvalue weighted by atomic mass is 9.90. The first-order chi connectivity index (χ1) is 12.3. The molecular weight excluding hydrogens is 350 g/mol. The molecule has 2 aromatic rings. The fourth-order valence-corrected chi connectivity index (χ4v) is 3.16. The molecule has 2 heterocycles. The molecule has 3 rings (SSSR count). The van der Waals surface area contributed by atoms with Crippen molar-refractivity contribution in [1.29, 1.82) is 0 Å². The molecule has 0 bridgehead atoms. The molecule has 0 radical (unpaired) electrons. The van der Waals surface area contributed by atoms with Gasteiger partial charge in [-0.05, 0) is 18.6 Å². The highest BCUT2D eigenvalue weighted by Gasteiger charge is 2.46. The van der Waals surface area contributed by atoms with Crippen LogP contribution in [0.25, 0.3) is 11.0 Å². The summed E-state index contributed by atoms with van der Waals surface area (Å²) in [5.41, 5.74) is -1.32. The summed E-state index contributed by atoms with van der Waals surface area (Å²) in [4.78, 5) is 22.5. The van der Waals surface area contributed by atoms with E-state index in [2.05, 4.69) is 0 Å². The molecule has 0 saturated carbocycles. The average molecular weight is 367 g/mol. The van der Waals surface area contributed by atoms with Crippen molar-refractivity contribution >= 4 is 16.7 Å². The van der Waals surface area contributed by atoms with E-state index in [9.17, 15) is 35.3 Å². The monoisotopic (exact) mass is 367 g/mol. The van der Waals surface area contributed by atoms with Crippen LogP contribution in [0.3, 0.4) is 0 Å². The second kappa shape index (κ2) is 6.74. The molecule has 1 saturated heterocycles. The summed E-state index contributed by atoms with van der Waals surface area (Å²) in [7, 11) is 0. The highest BCUT2D eigenvalue weighted by Crippen LogP contribution is 2.40. The molecule has 0 amide bonds. The fraction of sp³-hybridized carbons (Fsp3) is 0.438. The quantitative estimate of drug-likeness (QED) is 0.319. The van der Waals surface area contributed by atoms with Gasteiger partial charge in [-0.3, -0.25) is 10.1 Å². The maximum atomic E-state index is 11.6. The van der Waals surface area contributed by atoms with Crippen molar-refractivity contribution in [3.05, 3.63) is 49.9 Å². The molecule has 26 heavy (non-hydrogen) atoms. The van der Waals surface area contributed by atoms with Gasteiger partial charge in [-0.1, -0.05) is 6.07 Å². The number of fused-ring (bicyclic) bond motifs is 1. The zero-order valence-corrected chi connectivity index (χ0v) is 13.6. The Labute approximate surface area is 146 Å². The first-order valence-electron chi connectivity index (χ1n) is 7.78. The van der Waals surface area contributed by atoms with E-state index in [4.69, 9.17) is 9.15 Å². The summed E-state index contributed by atoms with van der Waals surface area (Å²) in [6.45, 7) is 0.924. The summed E-state index contributed by atoms with van der Waals surface area (Å²) in [6.07, 6.45) is -7.61. The molecule has 0 spiro atoms. The Balaban J connectivity index is 2.23. The molecule has 5 atom stereocenters. The average Bonchev–Trinajstić information content (AvgIpc) is 2.58. The summed E-state index contributed by atoms with van der Waals surface area (Å²) in [6, 6.07) is 3.98. The van der Waals surface area contributed by atoms with Gasteiger partial charge in [0.2, 0.25) is 5.58 Å². The summed E-state index contributed by atoms with van der Waals surface area (Å²) in [5, 5.41) is 51.3. The predicted molar refractivity (Wildman–Crippen MR) is 86.6 cm³/mol. The Morgan fingerprint density at radius 1 is 1.19 bits per heavy atom. The Morgan fingerprint density at radius 3 is 2.50 bits per heavy atom. The van der Waals surface area contributed by atoms with Gasteiger partial charge < -0.3 is 29.6 Å². The molecule has 10 heteroatoms. The molecular formula is C16H17NO9. The number of nitro groups is 1. The van der Waals surface area contributed by atoms with Gasteiger partial charge >= 0.3 is 11.3 Å². The van der Waals surface area contributed by atoms with Gasteiger partial charge in [-0.25, -0.2) is 4.79 Å². The number of ether oxygens (including phenoxy) is 1. The maximum Gasteiger partial charge on any atom is 0.336 e. The van der Waals surface area contributed by atoms with Gasteiger partial charge in [0.15, 0.2) is 0 Å². The third kappa shape index (κ3) is 2.87. The second-order valence-electron chi connectivity index (χ2n) is 6.14. The number of benzene rings is 1. The number of aryl methyl sites for hydroxylation is 1. The molecule has 4 N–H and O–H groups in total. The minimum absolute atomic E-state index is 0.145. The molecule has 0 unspecified atom stereocenters. The Morgan fingerprint density at radius 2 is 1.88 bits per heavy atom. The lowest BCUT2D eigenvalue weighted by molar-refractivity contribution is -0.385. The van der Waals surface area contributed by atoms with Crippen LogP contribution in [0.5, 0.6) is 0 Å². The zero-order chi connectivity index (χ0) is 19.2. The fourth-order valence-electron chi connectivity index (χ4n) is 3.16. The Hall–Kier alpha value is -2.37. The van der Waals surface area contributed by atoms with Crippen LogP contribution in [0.15, 0.2) is 27.4 Å². The van der Waals surface area contributed by atoms with E-state index in [1.165, 1.54) is 18.2 Å². The van der Waals surface area contributed by atoms with E-state index in [0.717, 1.165) is 0 Å². The van der Waals surface area contributed by atoms with Gasteiger partial charge in [-0.15, -0.1) is 0 Å². The minimum atomic E-state index is -1.69. The molecule has 10 nitrogen and oxygen atoms in total. The standard InChI is InChI=1S/C16H17NO9/c1-6-4-10(19)26-15-7(6)2-3-8(11(15)17(23)24)16-14(22)13(21)12(20)9(5-18)25-16/h2-4,9,12-14,16,18,20-22H,5H2,1H3/t9-,12+,13+,14-,16+/m1/s1. The molecule has 1 aliphatic heterocycles. The van der Waals surface area contributed by atoms with Crippen LogP contribution in [0.1, 0.15) is 17.2 Å².